The van der Waals surface area contributed by atoms with Crippen molar-refractivity contribution >= 4 is 35.1 Å². The molecule has 3 unspecified atom stereocenters. The maximum atomic E-state index is 12.5. The number of carbonyl (C=O) groups excluding carboxylic acids is 2. The van der Waals surface area contributed by atoms with Gasteiger partial charge >= 0.3 is 6.03 Å². The predicted octanol–water partition coefficient (Wildman–Crippen LogP) is 4.14. The number of nitrogens with one attached hydrogen (secondary N) is 2. The first-order valence-electron chi connectivity index (χ1n) is 8.62. The van der Waals surface area contributed by atoms with E-state index in [2.05, 4.69) is 17.6 Å². The zero-order chi connectivity index (χ0) is 18.6. The highest BCUT2D eigenvalue weighted by molar-refractivity contribution is 6.35. The number of piperidine rings is 1. The molecule has 7 heteroatoms. The third kappa shape index (κ3) is 5.25. The molecule has 1 aliphatic heterocycles. The van der Waals surface area contributed by atoms with E-state index in [4.69, 9.17) is 23.2 Å². The Hall–Kier alpha value is -1.46. The number of carbonyl (C=O) groups is 2. The summed E-state index contributed by atoms with van der Waals surface area (Å²) in [7, 11) is 0. The van der Waals surface area contributed by atoms with E-state index in [0.717, 1.165) is 31.4 Å². The minimum absolute atomic E-state index is 0.0421. The third-order valence-corrected chi connectivity index (χ3v) is 5.14. The Morgan fingerprint density at radius 2 is 1.92 bits per heavy atom. The number of urea groups is 1. The van der Waals surface area contributed by atoms with Crippen molar-refractivity contribution in [1.29, 1.82) is 0 Å². The average Bonchev–Trinajstić information content (AvgIpc) is 2.54. The van der Waals surface area contributed by atoms with Gasteiger partial charge in [-0.25, -0.2) is 4.79 Å². The minimum atomic E-state index is -0.576. The normalized spacial score (nSPS) is 19.9. The Balaban J connectivity index is 1.91. The number of hydrogen-bond acceptors (Lipinski definition) is 2. The van der Waals surface area contributed by atoms with Crippen molar-refractivity contribution in [3.8, 4) is 0 Å². The molecule has 2 rings (SSSR count). The predicted molar refractivity (Wildman–Crippen MR) is 101 cm³/mol. The van der Waals surface area contributed by atoms with Crippen LogP contribution in [0.25, 0.3) is 0 Å². The molecule has 25 heavy (non-hydrogen) atoms. The molecule has 0 aliphatic carbocycles. The van der Waals surface area contributed by atoms with Crippen LogP contribution in [0.3, 0.4) is 0 Å². The average molecular weight is 386 g/mol. The minimum Gasteiger partial charge on any atom is -0.338 e. The zero-order valence-corrected chi connectivity index (χ0v) is 16.3. The van der Waals surface area contributed by atoms with Crippen LogP contribution < -0.4 is 10.6 Å². The maximum Gasteiger partial charge on any atom is 0.315 e. The summed E-state index contributed by atoms with van der Waals surface area (Å²) in [6, 6.07) is 4.08. The summed E-state index contributed by atoms with van der Waals surface area (Å²) in [4.78, 5) is 26.6. The maximum absolute atomic E-state index is 12.5. The fourth-order valence-corrected chi connectivity index (χ4v) is 3.67. The topological polar surface area (TPSA) is 61.4 Å². The highest BCUT2D eigenvalue weighted by Gasteiger charge is 2.28. The van der Waals surface area contributed by atoms with Gasteiger partial charge in [0.25, 0.3) is 0 Å². The molecule has 1 heterocycles. The molecule has 138 valence electrons. The number of rotatable bonds is 4. The van der Waals surface area contributed by atoms with Gasteiger partial charge in [-0.1, -0.05) is 29.3 Å². The van der Waals surface area contributed by atoms with E-state index in [9.17, 15) is 9.59 Å². The largest absolute Gasteiger partial charge is 0.338 e. The van der Waals surface area contributed by atoms with E-state index < -0.39 is 12.1 Å². The first kappa shape index (κ1) is 19.9. The van der Waals surface area contributed by atoms with Crippen LogP contribution >= 0.6 is 23.2 Å². The SMILES string of the molecule is CC(NC(=O)NC(C)c1ccc(Cl)cc1Cl)C(=O)N1CCCCC1C. The number of likely N-dealkylation sites (tertiary alicyclic amines) is 1. The van der Waals surface area contributed by atoms with Gasteiger partial charge in [-0.3, -0.25) is 4.79 Å². The van der Waals surface area contributed by atoms with Crippen LogP contribution in [0.2, 0.25) is 10.0 Å². The van der Waals surface area contributed by atoms with Gasteiger partial charge in [0, 0.05) is 22.6 Å². The van der Waals surface area contributed by atoms with E-state index in [0.29, 0.717) is 10.0 Å². The lowest BCUT2D eigenvalue weighted by Crippen LogP contribution is -2.53. The van der Waals surface area contributed by atoms with Crippen molar-refractivity contribution in [2.24, 2.45) is 0 Å². The number of benzene rings is 1. The molecule has 3 amide bonds. The first-order chi connectivity index (χ1) is 11.8. The van der Waals surface area contributed by atoms with Crippen LogP contribution in [0.15, 0.2) is 18.2 Å². The van der Waals surface area contributed by atoms with Crippen molar-refractivity contribution in [2.75, 3.05) is 6.54 Å². The fraction of sp³-hybridized carbons (Fsp3) is 0.556. The Morgan fingerprint density at radius 1 is 1.20 bits per heavy atom. The summed E-state index contributed by atoms with van der Waals surface area (Å²) >= 11 is 12.1. The molecule has 1 aromatic carbocycles. The number of hydrogen-bond donors (Lipinski definition) is 2. The van der Waals surface area contributed by atoms with Crippen molar-refractivity contribution in [3.05, 3.63) is 33.8 Å². The third-order valence-electron chi connectivity index (χ3n) is 4.58. The summed E-state index contributed by atoms with van der Waals surface area (Å²) in [5, 5.41) is 6.56. The fourth-order valence-electron chi connectivity index (χ4n) is 3.10. The molecular weight excluding hydrogens is 361 g/mol. The molecular formula is C18H25Cl2N3O2. The lowest BCUT2D eigenvalue weighted by molar-refractivity contribution is -0.136. The number of amides is 3. The number of halogens is 2. The molecule has 0 bridgehead atoms. The second-order valence-electron chi connectivity index (χ2n) is 6.60. The van der Waals surface area contributed by atoms with Crippen LogP contribution in [-0.4, -0.2) is 35.5 Å². The Bertz CT molecular complexity index is 639. The lowest BCUT2D eigenvalue weighted by Gasteiger charge is -2.35. The highest BCUT2D eigenvalue weighted by atomic mass is 35.5. The van der Waals surface area contributed by atoms with Gasteiger partial charge in [0.1, 0.15) is 6.04 Å². The zero-order valence-electron chi connectivity index (χ0n) is 14.8. The van der Waals surface area contributed by atoms with Gasteiger partial charge in [0.05, 0.1) is 6.04 Å². The second kappa shape index (κ2) is 8.77. The van der Waals surface area contributed by atoms with Crippen LogP contribution in [0.5, 0.6) is 0 Å². The van der Waals surface area contributed by atoms with E-state index in [1.54, 1.807) is 25.1 Å². The van der Waals surface area contributed by atoms with E-state index >= 15 is 0 Å². The standard InChI is InChI=1S/C18H25Cl2N3O2/c1-11-6-4-5-9-23(11)17(24)13(3)22-18(25)21-12(2)15-8-7-14(19)10-16(15)20/h7-8,10-13H,4-6,9H2,1-3H3,(H2,21,22,25). The molecule has 0 radical (unpaired) electrons. The van der Waals surface area contributed by atoms with E-state index in [-0.39, 0.29) is 18.0 Å². The van der Waals surface area contributed by atoms with Gasteiger partial charge in [-0.05, 0) is 57.7 Å². The van der Waals surface area contributed by atoms with Gasteiger partial charge in [-0.15, -0.1) is 0 Å². The van der Waals surface area contributed by atoms with Gasteiger partial charge < -0.3 is 15.5 Å². The number of nitrogens with zero attached hydrogens (tertiary/aromatic N) is 1. The molecule has 0 aromatic heterocycles. The molecule has 1 aliphatic rings. The summed E-state index contributed by atoms with van der Waals surface area (Å²) in [6.45, 7) is 6.34. The monoisotopic (exact) mass is 385 g/mol. The summed E-state index contributed by atoms with van der Waals surface area (Å²) in [5.41, 5.74) is 0.768. The molecule has 5 nitrogen and oxygen atoms in total. The second-order valence-corrected chi connectivity index (χ2v) is 7.45. The van der Waals surface area contributed by atoms with Gasteiger partial charge in [0.15, 0.2) is 0 Å². The van der Waals surface area contributed by atoms with Crippen molar-refractivity contribution in [2.45, 2.75) is 58.2 Å². The summed E-state index contributed by atoms with van der Waals surface area (Å²) in [6.07, 6.45) is 3.17. The molecule has 0 saturated carbocycles. The molecule has 3 atom stereocenters. The molecule has 1 saturated heterocycles. The van der Waals surface area contributed by atoms with E-state index in [1.165, 1.54) is 0 Å². The van der Waals surface area contributed by atoms with E-state index in [1.807, 2.05) is 11.8 Å². The Kier molecular flexibility index (Phi) is 6.96. The van der Waals surface area contributed by atoms with Crippen LogP contribution in [0, 0.1) is 0 Å². The van der Waals surface area contributed by atoms with Crippen molar-refractivity contribution < 1.29 is 9.59 Å². The van der Waals surface area contributed by atoms with Crippen molar-refractivity contribution in [1.82, 2.24) is 15.5 Å². The smallest absolute Gasteiger partial charge is 0.315 e. The van der Waals surface area contributed by atoms with Gasteiger partial charge in [0.2, 0.25) is 5.91 Å². The quantitative estimate of drug-likeness (QED) is 0.817. The molecule has 1 aromatic rings. The molecule has 1 fully saturated rings. The first-order valence-corrected chi connectivity index (χ1v) is 9.37. The van der Waals surface area contributed by atoms with Crippen LogP contribution in [0.4, 0.5) is 4.79 Å². The van der Waals surface area contributed by atoms with Crippen LogP contribution in [0.1, 0.15) is 51.6 Å². The summed E-state index contributed by atoms with van der Waals surface area (Å²) in [5.74, 6) is -0.0421. The molecule has 0 spiro atoms. The highest BCUT2D eigenvalue weighted by Crippen LogP contribution is 2.26. The van der Waals surface area contributed by atoms with Crippen LogP contribution in [-0.2, 0) is 4.79 Å². The Morgan fingerprint density at radius 3 is 2.56 bits per heavy atom. The molecule has 2 N–H and O–H groups in total. The van der Waals surface area contributed by atoms with Crippen molar-refractivity contribution in [3.63, 3.8) is 0 Å². The van der Waals surface area contributed by atoms with Gasteiger partial charge in [-0.2, -0.15) is 0 Å². The summed E-state index contributed by atoms with van der Waals surface area (Å²) < 4.78 is 0. The lowest BCUT2D eigenvalue weighted by atomic mass is 10.0. The Labute approximate surface area is 159 Å².